The maximum Gasteiger partial charge on any atom is 0.300 e. The monoisotopic (exact) mass is 186 g/mol. The van der Waals surface area contributed by atoms with Gasteiger partial charge in [0.25, 0.3) is 5.97 Å². The molecule has 0 aliphatic heterocycles. The average Bonchev–Trinajstić information content (AvgIpc) is 1.88. The minimum atomic E-state index is -0.833. The molecule has 0 aliphatic rings. The molecule has 0 aromatic carbocycles. The zero-order valence-corrected chi connectivity index (χ0v) is 9.84. The van der Waals surface area contributed by atoms with Crippen molar-refractivity contribution in [3.8, 4) is 0 Å². The molecule has 0 amide bonds. The third-order valence-electron chi connectivity index (χ3n) is 0.642. The first kappa shape index (κ1) is 18.2. The number of nitrogens with one attached hydrogen (secondary N) is 1. The summed E-state index contributed by atoms with van der Waals surface area (Å²) in [5, 5.41) is 10.5. The molecule has 0 atom stereocenters. The van der Waals surface area contributed by atoms with Crippen LogP contribution in [0.25, 0.3) is 0 Å². The summed E-state index contributed by atoms with van der Waals surface area (Å²) < 4.78 is 0. The van der Waals surface area contributed by atoms with Gasteiger partial charge in [0.05, 0.1) is 0 Å². The molecule has 0 bridgehead atoms. The quantitative estimate of drug-likeness (QED) is 0.306. The van der Waals surface area contributed by atoms with Gasteiger partial charge in [0.2, 0.25) is 0 Å². The van der Waals surface area contributed by atoms with Gasteiger partial charge in [0.15, 0.2) is 0 Å². The molecule has 69 valence electrons. The number of hydrogen-bond donors (Lipinski definition) is 4. The molecule has 6 N–H and O–H groups in total. The van der Waals surface area contributed by atoms with Crippen LogP contribution in [-0.2, 0) is 4.79 Å². The summed E-state index contributed by atoms with van der Waals surface area (Å²) in [7, 11) is 0. The summed E-state index contributed by atoms with van der Waals surface area (Å²) in [4.78, 5) is 9.00. The SMILES string of the molecule is CC(=O)O.NCCNCCN.[Na]. The van der Waals surface area contributed by atoms with Crippen LogP contribution in [0.2, 0.25) is 0 Å². The van der Waals surface area contributed by atoms with Crippen LogP contribution in [0, 0.1) is 0 Å². The smallest absolute Gasteiger partial charge is 0.300 e. The molecule has 0 aromatic heterocycles. The van der Waals surface area contributed by atoms with Gasteiger partial charge in [0.1, 0.15) is 0 Å². The predicted molar refractivity (Wildman–Crippen MR) is 50.0 cm³/mol. The van der Waals surface area contributed by atoms with Gasteiger partial charge in [-0.05, 0) is 0 Å². The molecule has 0 rings (SSSR count). The molecule has 0 saturated heterocycles. The fraction of sp³-hybridized carbons (Fsp3) is 0.833. The molecule has 0 aromatic rings. The van der Waals surface area contributed by atoms with Crippen LogP contribution in [0.1, 0.15) is 6.92 Å². The van der Waals surface area contributed by atoms with Gasteiger partial charge in [0, 0.05) is 62.7 Å². The largest absolute Gasteiger partial charge is 0.481 e. The van der Waals surface area contributed by atoms with Crippen molar-refractivity contribution in [3.05, 3.63) is 0 Å². The Kier molecular flexibility index (Phi) is 26.4. The van der Waals surface area contributed by atoms with E-state index in [2.05, 4.69) is 5.32 Å². The Balaban J connectivity index is -0.000000142. The van der Waals surface area contributed by atoms with Crippen LogP contribution in [0.3, 0.4) is 0 Å². The molecule has 6 heteroatoms. The van der Waals surface area contributed by atoms with Gasteiger partial charge in [-0.25, -0.2) is 0 Å². The van der Waals surface area contributed by atoms with Crippen LogP contribution in [0.5, 0.6) is 0 Å². The van der Waals surface area contributed by atoms with E-state index in [1.807, 2.05) is 0 Å². The summed E-state index contributed by atoms with van der Waals surface area (Å²) in [5.74, 6) is -0.833. The fourth-order valence-electron chi connectivity index (χ4n) is 0.329. The van der Waals surface area contributed by atoms with Crippen molar-refractivity contribution in [2.45, 2.75) is 6.92 Å². The molecule has 12 heavy (non-hydrogen) atoms. The van der Waals surface area contributed by atoms with E-state index in [0.717, 1.165) is 20.0 Å². The maximum atomic E-state index is 9.00. The molecule has 0 unspecified atom stereocenters. The summed E-state index contributed by atoms with van der Waals surface area (Å²) in [6.07, 6.45) is 0. The molecule has 0 fully saturated rings. The van der Waals surface area contributed by atoms with Crippen LogP contribution in [-0.4, -0.2) is 66.8 Å². The Hall–Kier alpha value is 0.350. The molecule has 0 aliphatic carbocycles. The Morgan fingerprint density at radius 1 is 1.33 bits per heavy atom. The summed E-state index contributed by atoms with van der Waals surface area (Å²) >= 11 is 0. The van der Waals surface area contributed by atoms with E-state index in [4.69, 9.17) is 21.4 Å². The van der Waals surface area contributed by atoms with Crippen molar-refractivity contribution >= 4 is 35.5 Å². The van der Waals surface area contributed by atoms with E-state index in [9.17, 15) is 0 Å². The minimum absolute atomic E-state index is 0. The number of carboxylic acid groups (broad SMARTS) is 1. The first-order valence-electron chi connectivity index (χ1n) is 3.45. The van der Waals surface area contributed by atoms with E-state index in [-0.39, 0.29) is 29.6 Å². The third kappa shape index (κ3) is 47.8. The van der Waals surface area contributed by atoms with Crippen molar-refractivity contribution in [2.75, 3.05) is 26.2 Å². The number of rotatable bonds is 4. The minimum Gasteiger partial charge on any atom is -0.481 e. The van der Waals surface area contributed by atoms with Crippen LogP contribution < -0.4 is 16.8 Å². The van der Waals surface area contributed by atoms with Crippen molar-refractivity contribution in [1.29, 1.82) is 0 Å². The second-order valence-electron chi connectivity index (χ2n) is 1.85. The van der Waals surface area contributed by atoms with E-state index in [1.165, 1.54) is 0 Å². The summed E-state index contributed by atoms with van der Waals surface area (Å²) in [6.45, 7) is 4.22. The Bertz CT molecular complexity index is 84.9. The average molecular weight is 186 g/mol. The molecule has 1 radical (unpaired) electrons. The zero-order valence-electron chi connectivity index (χ0n) is 7.84. The molecule has 0 saturated carbocycles. The maximum absolute atomic E-state index is 9.00. The normalized spacial score (nSPS) is 7.58. The molecular formula is C6H17N3NaO2. The van der Waals surface area contributed by atoms with Crippen molar-refractivity contribution < 1.29 is 9.90 Å². The first-order valence-corrected chi connectivity index (χ1v) is 3.45. The Labute approximate surface area is 95.2 Å². The second kappa shape index (κ2) is 17.4. The number of nitrogens with two attached hydrogens (primary N) is 2. The Morgan fingerprint density at radius 3 is 1.75 bits per heavy atom. The fourth-order valence-corrected chi connectivity index (χ4v) is 0.329. The second-order valence-corrected chi connectivity index (χ2v) is 1.85. The van der Waals surface area contributed by atoms with Gasteiger partial charge in [-0.2, -0.15) is 0 Å². The van der Waals surface area contributed by atoms with E-state index in [1.54, 1.807) is 0 Å². The number of carbonyl (C=O) groups is 1. The number of aliphatic carboxylic acids is 1. The van der Waals surface area contributed by atoms with Gasteiger partial charge in [-0.3, -0.25) is 4.79 Å². The summed E-state index contributed by atoms with van der Waals surface area (Å²) in [5.41, 5.74) is 10.3. The number of carboxylic acids is 1. The molecular weight excluding hydrogens is 169 g/mol. The number of hydrogen-bond acceptors (Lipinski definition) is 4. The standard InChI is InChI=1S/C4H13N3.C2H4O2.Na/c5-1-3-7-4-2-6;1-2(3)4;/h7H,1-6H2;1H3,(H,3,4);. The van der Waals surface area contributed by atoms with Gasteiger partial charge in [-0.1, -0.05) is 0 Å². The van der Waals surface area contributed by atoms with Crippen LogP contribution in [0.4, 0.5) is 0 Å². The molecule has 5 nitrogen and oxygen atoms in total. The van der Waals surface area contributed by atoms with Gasteiger partial charge >= 0.3 is 0 Å². The van der Waals surface area contributed by atoms with Crippen LogP contribution >= 0.6 is 0 Å². The Morgan fingerprint density at radius 2 is 1.58 bits per heavy atom. The van der Waals surface area contributed by atoms with E-state index in [0.29, 0.717) is 13.1 Å². The van der Waals surface area contributed by atoms with Gasteiger partial charge in [-0.15, -0.1) is 0 Å². The third-order valence-corrected chi connectivity index (χ3v) is 0.642. The van der Waals surface area contributed by atoms with E-state index >= 15 is 0 Å². The predicted octanol–water partition coefficient (Wildman–Crippen LogP) is -1.80. The van der Waals surface area contributed by atoms with Gasteiger partial charge < -0.3 is 21.9 Å². The molecule has 0 heterocycles. The van der Waals surface area contributed by atoms with Crippen LogP contribution in [0.15, 0.2) is 0 Å². The summed E-state index contributed by atoms with van der Waals surface area (Å²) in [6, 6.07) is 0. The first-order chi connectivity index (χ1) is 5.15. The topological polar surface area (TPSA) is 101 Å². The molecule has 0 spiro atoms. The van der Waals surface area contributed by atoms with E-state index < -0.39 is 5.97 Å². The van der Waals surface area contributed by atoms with Crippen molar-refractivity contribution in [1.82, 2.24) is 5.32 Å². The zero-order chi connectivity index (χ0) is 9.11. The van der Waals surface area contributed by atoms with Crippen molar-refractivity contribution in [2.24, 2.45) is 11.5 Å². The van der Waals surface area contributed by atoms with Crippen molar-refractivity contribution in [3.63, 3.8) is 0 Å².